The summed E-state index contributed by atoms with van der Waals surface area (Å²) in [5.41, 5.74) is -1.52. The summed E-state index contributed by atoms with van der Waals surface area (Å²) < 4.78 is 225. The number of hydrogen-bond acceptors (Lipinski definition) is 5. The fourth-order valence-corrected chi connectivity index (χ4v) is 1.99. The van der Waals surface area contributed by atoms with Crippen LogP contribution >= 0.6 is 0 Å². The average molecular weight is 603 g/mol. The van der Waals surface area contributed by atoms with Gasteiger partial charge < -0.3 is 15.5 Å². The summed E-state index contributed by atoms with van der Waals surface area (Å²) in [5.74, 6) is -29.3. The first-order chi connectivity index (χ1) is 16.5. The number of benzene rings is 1. The predicted molar refractivity (Wildman–Crippen MR) is 81.3 cm³/mol. The van der Waals surface area contributed by atoms with E-state index in [0.717, 1.165) is 0 Å². The fraction of sp³-hybridized carbons (Fsp3) is 0.533. The maximum Gasteiger partial charge on any atom is 0.462 e. The molecule has 3 N–H and O–H groups in total. The van der Waals surface area contributed by atoms with E-state index in [1.807, 2.05) is 4.74 Å². The van der Waals surface area contributed by atoms with Gasteiger partial charge in [0.2, 0.25) is 0 Å². The summed E-state index contributed by atoms with van der Waals surface area (Å²) in [4.78, 5) is 11.7. The molecule has 1 aromatic rings. The predicted octanol–water partition coefficient (Wildman–Crippen LogP) is 5.91. The van der Waals surface area contributed by atoms with Gasteiger partial charge in [-0.1, -0.05) is 0 Å². The highest BCUT2D eigenvalue weighted by molar-refractivity contribution is 5.98. The van der Waals surface area contributed by atoms with Crippen molar-refractivity contribution in [1.29, 1.82) is 0 Å². The van der Waals surface area contributed by atoms with Crippen molar-refractivity contribution in [2.45, 2.75) is 48.4 Å². The van der Waals surface area contributed by atoms with E-state index in [2.05, 4.69) is 0 Å². The van der Waals surface area contributed by atoms with Gasteiger partial charge in [0.25, 0.3) is 5.91 Å². The van der Waals surface area contributed by atoms with Gasteiger partial charge >= 0.3 is 48.4 Å². The summed E-state index contributed by atoms with van der Waals surface area (Å²) in [5, 5.41) is 18.9. The van der Waals surface area contributed by atoms with Crippen molar-refractivity contribution < 1.29 is 99.1 Å². The van der Waals surface area contributed by atoms with Gasteiger partial charge in [-0.15, -0.1) is 0 Å². The van der Waals surface area contributed by atoms with Gasteiger partial charge in [-0.3, -0.25) is 14.3 Å². The molecule has 0 fully saturated rings. The van der Waals surface area contributed by atoms with Crippen LogP contribution in [0.2, 0.25) is 0 Å². The molecule has 0 saturated heterocycles. The summed E-state index contributed by atoms with van der Waals surface area (Å²) >= 11 is 0. The third-order valence-electron chi connectivity index (χ3n) is 3.88. The van der Waals surface area contributed by atoms with E-state index < -0.39 is 71.5 Å². The van der Waals surface area contributed by atoms with Crippen molar-refractivity contribution in [2.24, 2.45) is 0 Å². The molecule has 23 heteroatoms. The Kier molecular flexibility index (Phi) is 8.12. The van der Waals surface area contributed by atoms with Crippen LogP contribution in [-0.4, -0.2) is 64.5 Å². The highest BCUT2D eigenvalue weighted by atomic mass is 19.4. The molecule has 0 saturated carbocycles. The van der Waals surface area contributed by atoms with Crippen molar-refractivity contribution in [3.05, 3.63) is 18.2 Å². The molecule has 220 valence electrons. The first-order valence-electron chi connectivity index (χ1n) is 8.42. The molecule has 1 amide bonds. The second kappa shape index (κ2) is 9.34. The van der Waals surface area contributed by atoms with Crippen LogP contribution in [0.3, 0.4) is 0 Å². The molecule has 0 radical (unpaired) electrons. The Morgan fingerprint density at radius 2 is 1.13 bits per heavy atom. The van der Waals surface area contributed by atoms with Crippen LogP contribution in [0.15, 0.2) is 18.2 Å². The molecule has 0 aliphatic rings. The number of alkyl halides is 17. The summed E-state index contributed by atoms with van der Waals surface area (Å²) in [6, 6.07) is 0.929. The van der Waals surface area contributed by atoms with Gasteiger partial charge in [-0.2, -0.15) is 74.6 Å². The summed E-state index contributed by atoms with van der Waals surface area (Å²) in [6.07, 6.45) is -39.0. The zero-order valence-corrected chi connectivity index (χ0v) is 16.8. The first-order valence-corrected chi connectivity index (χ1v) is 8.42. The van der Waals surface area contributed by atoms with E-state index in [-0.39, 0.29) is 6.07 Å². The Labute approximate surface area is 195 Å². The molecule has 0 spiro atoms. The molecule has 0 aromatic heterocycles. The van der Waals surface area contributed by atoms with Crippen LogP contribution in [-0.2, 0) is 14.3 Å². The van der Waals surface area contributed by atoms with Crippen LogP contribution in [0, 0.1) is 0 Å². The molecule has 1 rings (SSSR count). The van der Waals surface area contributed by atoms with E-state index in [1.54, 1.807) is 0 Å². The summed E-state index contributed by atoms with van der Waals surface area (Å²) in [6.45, 7) is 0. The lowest BCUT2D eigenvalue weighted by atomic mass is 10.2. The lowest BCUT2D eigenvalue weighted by Crippen LogP contribution is -2.68. The molecular weight excluding hydrogens is 597 g/mol. The molecule has 0 aliphatic heterocycles. The van der Waals surface area contributed by atoms with E-state index in [0.29, 0.717) is 17.4 Å². The number of carbonyl (C=O) groups excluding carboxylic acids is 1. The number of amides is 1. The maximum atomic E-state index is 14.4. The van der Waals surface area contributed by atoms with Gasteiger partial charge in [0.1, 0.15) is 11.5 Å². The lowest BCUT2D eigenvalue weighted by Gasteiger charge is -2.40. The average Bonchev–Trinajstić information content (AvgIpc) is 2.67. The second-order valence-corrected chi connectivity index (χ2v) is 6.65. The number of halogens is 17. The smallest absolute Gasteiger partial charge is 0.462 e. The van der Waals surface area contributed by atoms with Crippen LogP contribution in [0.4, 0.5) is 80.3 Å². The normalized spacial score (nSPS) is 17.5. The number of hydrogen-bond donors (Lipinski definition) is 3. The van der Waals surface area contributed by atoms with E-state index in [1.165, 1.54) is 4.74 Å². The van der Waals surface area contributed by atoms with Crippen LogP contribution in [0.5, 0.6) is 11.5 Å². The van der Waals surface area contributed by atoms with Crippen LogP contribution in [0.25, 0.3) is 0 Å². The zero-order chi connectivity index (χ0) is 30.6. The molecule has 2 unspecified atom stereocenters. The second-order valence-electron chi connectivity index (χ2n) is 6.65. The minimum atomic E-state index is -8.14. The number of aromatic hydroxyl groups is 2. The monoisotopic (exact) mass is 603 g/mol. The van der Waals surface area contributed by atoms with Gasteiger partial charge in [-0.05, 0) is 12.1 Å². The number of phenolic OH excluding ortho intramolecular Hbond substituents is 2. The number of anilines is 1. The molecule has 38 heavy (non-hydrogen) atoms. The highest BCUT2D eigenvalue weighted by Crippen LogP contribution is 2.56. The number of phenols is 2. The zero-order valence-electron chi connectivity index (χ0n) is 16.8. The van der Waals surface area contributed by atoms with E-state index >= 15 is 0 Å². The van der Waals surface area contributed by atoms with Crippen molar-refractivity contribution >= 4 is 11.6 Å². The molecule has 2 atom stereocenters. The fourth-order valence-electron chi connectivity index (χ4n) is 1.99. The minimum Gasteiger partial charge on any atom is -0.508 e. The Morgan fingerprint density at radius 3 is 1.53 bits per heavy atom. The molecule has 1 aromatic carbocycles. The Hall–Kier alpha value is -2.98. The van der Waals surface area contributed by atoms with Crippen LogP contribution in [0.1, 0.15) is 0 Å². The highest BCUT2D eigenvalue weighted by Gasteiger charge is 2.85. The first kappa shape index (κ1) is 33.0. The lowest BCUT2D eigenvalue weighted by molar-refractivity contribution is -0.548. The van der Waals surface area contributed by atoms with E-state index in [4.69, 9.17) is 5.11 Å². The number of carbonyl (C=O) groups is 1. The standard InChI is InChI=1S/C15H6F17NO5/c16-8(11(20,21)22,7(36)33-5-3-4(34)1-2-6(5)35)37-15(31,32)10(19,13(26,27)28)38-14(29,30)9(17,18)12(23,24)25/h1-3,34-35H,(H,33,36). The van der Waals surface area contributed by atoms with Gasteiger partial charge in [-0.25, -0.2) is 0 Å². The summed E-state index contributed by atoms with van der Waals surface area (Å²) in [7, 11) is 0. The van der Waals surface area contributed by atoms with Crippen LogP contribution < -0.4 is 5.32 Å². The Morgan fingerprint density at radius 1 is 0.658 bits per heavy atom. The van der Waals surface area contributed by atoms with Crippen molar-refractivity contribution in [2.75, 3.05) is 5.32 Å². The van der Waals surface area contributed by atoms with Gasteiger partial charge in [0, 0.05) is 6.07 Å². The maximum absolute atomic E-state index is 14.4. The number of rotatable bonds is 8. The topological polar surface area (TPSA) is 88.0 Å². The van der Waals surface area contributed by atoms with Gasteiger partial charge in [0.15, 0.2) is 0 Å². The molecule has 6 nitrogen and oxygen atoms in total. The Balaban J connectivity index is 3.67. The minimum absolute atomic E-state index is 0.0558. The largest absolute Gasteiger partial charge is 0.508 e. The van der Waals surface area contributed by atoms with Crippen molar-refractivity contribution in [3.8, 4) is 11.5 Å². The van der Waals surface area contributed by atoms with E-state index in [9.17, 15) is 84.5 Å². The molecular formula is C15H6F17NO5. The third kappa shape index (κ3) is 5.71. The quantitative estimate of drug-likeness (QED) is 0.196. The molecule has 0 bridgehead atoms. The SMILES string of the molecule is O=C(Nc1cc(O)ccc1O)C(F)(OC(F)(F)C(F)(OC(F)(F)C(F)(F)C(F)(F)F)C(F)(F)F)C(F)(F)F. The number of nitrogens with one attached hydrogen (secondary N) is 1. The van der Waals surface area contributed by atoms with Crippen molar-refractivity contribution in [3.63, 3.8) is 0 Å². The van der Waals surface area contributed by atoms with Crippen molar-refractivity contribution in [1.82, 2.24) is 0 Å². The van der Waals surface area contributed by atoms with Gasteiger partial charge in [0.05, 0.1) is 5.69 Å². The molecule has 0 aliphatic carbocycles. The molecule has 0 heterocycles. The third-order valence-corrected chi connectivity index (χ3v) is 3.88. The Bertz CT molecular complexity index is 1040. The number of ether oxygens (including phenoxy) is 2.